The van der Waals surface area contributed by atoms with E-state index in [0.717, 1.165) is 45.4 Å². The number of pyridine rings is 1. The van der Waals surface area contributed by atoms with Crippen LogP contribution in [0.15, 0.2) is 55.0 Å². The minimum Gasteiger partial charge on any atom is -0.496 e. The number of ether oxygens (including phenoxy) is 3. The van der Waals surface area contributed by atoms with Crippen molar-refractivity contribution in [2.45, 2.75) is 45.4 Å². The zero-order valence-corrected chi connectivity index (χ0v) is 22.4. The van der Waals surface area contributed by atoms with Gasteiger partial charge in [-0.3, -0.25) is 14.1 Å². The molecule has 1 fully saturated rings. The van der Waals surface area contributed by atoms with E-state index in [1.54, 1.807) is 12.3 Å². The number of halogens is 2. The minimum absolute atomic E-state index is 0.0569. The zero-order chi connectivity index (χ0) is 27.6. The first-order chi connectivity index (χ1) is 19.5. The number of carbonyl (C=O) groups is 1. The van der Waals surface area contributed by atoms with Crippen LogP contribution < -0.4 is 14.2 Å². The highest BCUT2D eigenvalue weighted by Crippen LogP contribution is 2.40. The van der Waals surface area contributed by atoms with Crippen molar-refractivity contribution in [2.24, 2.45) is 5.92 Å². The number of aromatic nitrogens is 3. The maximum atomic E-state index is 13.3. The zero-order valence-electron chi connectivity index (χ0n) is 22.4. The Balaban J connectivity index is 1.16. The number of nitrogens with zero attached hydrogens (tertiary/aromatic N) is 4. The van der Waals surface area contributed by atoms with E-state index in [4.69, 9.17) is 14.2 Å². The molecule has 1 saturated carbocycles. The standard InChI is InChI=1S/C30H32F2N4O4/c1-38-26-15-21(16-27(40-30(31)32)29(26)25(37)14-20-5-6-20)24-18-33-28-17-23(7-10-36(24)28)39-13-3-8-34-11-12-35-9-2-4-22(35)19-34/h2,4,7,9-10,15-18,20,30H,3,5-6,8,11-14,19H2,1H3. The number of alkyl halides is 2. The molecule has 40 heavy (non-hydrogen) atoms. The highest BCUT2D eigenvalue weighted by atomic mass is 19.3. The van der Waals surface area contributed by atoms with Crippen LogP contribution in [0.2, 0.25) is 0 Å². The molecule has 3 aromatic heterocycles. The van der Waals surface area contributed by atoms with Crippen LogP contribution in [0.3, 0.4) is 0 Å². The van der Waals surface area contributed by atoms with Crippen LogP contribution in [-0.2, 0) is 13.1 Å². The molecule has 0 radical (unpaired) electrons. The van der Waals surface area contributed by atoms with E-state index in [9.17, 15) is 13.6 Å². The fourth-order valence-electron chi connectivity index (χ4n) is 5.35. The Morgan fingerprint density at radius 1 is 1.12 bits per heavy atom. The van der Waals surface area contributed by atoms with Gasteiger partial charge in [0.1, 0.15) is 28.5 Å². The second kappa shape index (κ2) is 11.3. The summed E-state index contributed by atoms with van der Waals surface area (Å²) in [6, 6.07) is 11.1. The minimum atomic E-state index is -3.07. The molecule has 0 amide bonds. The summed E-state index contributed by atoms with van der Waals surface area (Å²) in [7, 11) is 1.42. The summed E-state index contributed by atoms with van der Waals surface area (Å²) in [5.41, 5.74) is 3.24. The van der Waals surface area contributed by atoms with Crippen molar-refractivity contribution in [1.82, 2.24) is 18.9 Å². The molecule has 1 aliphatic carbocycles. The predicted octanol–water partition coefficient (Wildman–Crippen LogP) is 5.68. The molecule has 0 atom stereocenters. The van der Waals surface area contributed by atoms with Gasteiger partial charge < -0.3 is 18.8 Å². The lowest BCUT2D eigenvalue weighted by atomic mass is 10.00. The molecule has 0 spiro atoms. The van der Waals surface area contributed by atoms with Crippen molar-refractivity contribution in [3.05, 3.63) is 66.2 Å². The van der Waals surface area contributed by atoms with E-state index in [2.05, 4.69) is 32.8 Å². The van der Waals surface area contributed by atoms with Gasteiger partial charge in [0.2, 0.25) is 0 Å². The van der Waals surface area contributed by atoms with E-state index >= 15 is 0 Å². The third kappa shape index (κ3) is 5.67. The highest BCUT2D eigenvalue weighted by Gasteiger charge is 2.30. The summed E-state index contributed by atoms with van der Waals surface area (Å²) in [6.07, 6.45) is 8.75. The van der Waals surface area contributed by atoms with Crippen LogP contribution in [0, 0.1) is 5.92 Å². The second-order valence-corrected chi connectivity index (χ2v) is 10.4. The number of benzene rings is 1. The number of rotatable bonds is 12. The van der Waals surface area contributed by atoms with Gasteiger partial charge in [0.25, 0.3) is 0 Å². The Hall–Kier alpha value is -3.92. The fraction of sp³-hybridized carbons (Fsp3) is 0.400. The predicted molar refractivity (Wildman–Crippen MR) is 145 cm³/mol. The van der Waals surface area contributed by atoms with E-state index < -0.39 is 6.61 Å². The largest absolute Gasteiger partial charge is 0.496 e. The molecule has 1 aliphatic heterocycles. The molecule has 1 aromatic carbocycles. The van der Waals surface area contributed by atoms with Gasteiger partial charge in [-0.2, -0.15) is 8.78 Å². The topological polar surface area (TPSA) is 70.2 Å². The average molecular weight is 551 g/mol. The summed E-state index contributed by atoms with van der Waals surface area (Å²) < 4.78 is 47.0. The summed E-state index contributed by atoms with van der Waals surface area (Å²) in [5.74, 6) is 0.764. The quantitative estimate of drug-likeness (QED) is 0.167. The van der Waals surface area contributed by atoms with Crippen LogP contribution in [0.25, 0.3) is 16.9 Å². The number of hydrogen-bond donors (Lipinski definition) is 0. The lowest BCUT2D eigenvalue weighted by Crippen LogP contribution is -2.34. The van der Waals surface area contributed by atoms with Crippen LogP contribution >= 0.6 is 0 Å². The van der Waals surface area contributed by atoms with Gasteiger partial charge in [-0.05, 0) is 55.5 Å². The van der Waals surface area contributed by atoms with Gasteiger partial charge in [-0.1, -0.05) is 0 Å². The number of fused-ring (bicyclic) bond motifs is 2. The number of hydrogen-bond acceptors (Lipinski definition) is 6. The van der Waals surface area contributed by atoms with Gasteiger partial charge in [0.05, 0.1) is 25.6 Å². The van der Waals surface area contributed by atoms with Crippen molar-refractivity contribution in [1.29, 1.82) is 0 Å². The average Bonchev–Trinajstić information content (AvgIpc) is 3.46. The van der Waals surface area contributed by atoms with Gasteiger partial charge in [-0.25, -0.2) is 4.98 Å². The van der Waals surface area contributed by atoms with E-state index in [0.29, 0.717) is 41.6 Å². The Bertz CT molecular complexity index is 1510. The molecule has 210 valence electrons. The Morgan fingerprint density at radius 2 is 1.98 bits per heavy atom. The molecule has 0 bridgehead atoms. The first kappa shape index (κ1) is 26.3. The van der Waals surface area contributed by atoms with E-state index in [1.807, 2.05) is 22.7 Å². The molecule has 6 rings (SSSR count). The summed E-state index contributed by atoms with van der Waals surface area (Å²) in [6.45, 7) is 1.49. The molecule has 2 aliphatic rings. The van der Waals surface area contributed by atoms with Crippen LogP contribution in [0.5, 0.6) is 17.2 Å². The molecule has 0 unspecified atom stereocenters. The number of ketones is 1. The summed E-state index contributed by atoms with van der Waals surface area (Å²) >= 11 is 0. The van der Waals surface area contributed by atoms with Crippen LogP contribution in [-0.4, -0.2) is 58.1 Å². The monoisotopic (exact) mass is 550 g/mol. The first-order valence-electron chi connectivity index (χ1n) is 13.6. The Kier molecular flexibility index (Phi) is 7.42. The lowest BCUT2D eigenvalue weighted by molar-refractivity contribution is -0.0502. The van der Waals surface area contributed by atoms with Crippen molar-refractivity contribution in [3.8, 4) is 28.5 Å². The molecule has 8 nitrogen and oxygen atoms in total. The van der Waals surface area contributed by atoms with Crippen molar-refractivity contribution in [2.75, 3.05) is 26.8 Å². The van der Waals surface area contributed by atoms with Gasteiger partial charge >= 0.3 is 6.61 Å². The first-order valence-corrected chi connectivity index (χ1v) is 13.6. The maximum Gasteiger partial charge on any atom is 0.387 e. The van der Waals surface area contributed by atoms with Crippen molar-refractivity contribution in [3.63, 3.8) is 0 Å². The summed E-state index contributed by atoms with van der Waals surface area (Å²) in [4.78, 5) is 19.9. The SMILES string of the molecule is COc1cc(-c2cnc3cc(OCCCN4CCn5cccc5C4)ccn23)cc(OC(F)F)c1C(=O)CC1CC1. The van der Waals surface area contributed by atoms with E-state index in [1.165, 1.54) is 18.9 Å². The number of imidazole rings is 1. The lowest BCUT2D eigenvalue weighted by Gasteiger charge is -2.28. The van der Waals surface area contributed by atoms with E-state index in [-0.39, 0.29) is 22.8 Å². The smallest absolute Gasteiger partial charge is 0.387 e. The van der Waals surface area contributed by atoms with Crippen molar-refractivity contribution < 1.29 is 27.8 Å². The molecular weight excluding hydrogens is 518 g/mol. The Morgan fingerprint density at radius 3 is 2.77 bits per heavy atom. The number of methoxy groups -OCH3 is 1. The number of carbonyl (C=O) groups excluding carboxylic acids is 1. The van der Waals surface area contributed by atoms with Gasteiger partial charge in [0.15, 0.2) is 5.78 Å². The van der Waals surface area contributed by atoms with Gasteiger partial charge in [-0.15, -0.1) is 0 Å². The summed E-state index contributed by atoms with van der Waals surface area (Å²) in [5, 5.41) is 0. The molecule has 0 saturated heterocycles. The molecule has 10 heteroatoms. The molecule has 0 N–H and O–H groups in total. The maximum absolute atomic E-state index is 13.3. The second-order valence-electron chi connectivity index (χ2n) is 10.4. The number of Topliss-reactive ketones (excluding diaryl/α,β-unsaturated/α-hetero) is 1. The Labute approximate surface area is 231 Å². The van der Waals surface area contributed by atoms with Crippen LogP contribution in [0.1, 0.15) is 41.7 Å². The van der Waals surface area contributed by atoms with Crippen molar-refractivity contribution >= 4 is 11.4 Å². The fourth-order valence-corrected chi connectivity index (χ4v) is 5.35. The highest BCUT2D eigenvalue weighted by molar-refractivity contribution is 6.02. The molecule has 4 heterocycles. The normalized spacial score (nSPS) is 15.4. The molecular formula is C30H32F2N4O4. The third-order valence-corrected chi connectivity index (χ3v) is 7.59. The third-order valence-electron chi connectivity index (χ3n) is 7.59. The van der Waals surface area contributed by atoms with Crippen LogP contribution in [0.4, 0.5) is 8.78 Å². The van der Waals surface area contributed by atoms with Gasteiger partial charge in [0, 0.05) is 62.3 Å². The molecule has 4 aromatic rings.